The van der Waals surface area contributed by atoms with Gasteiger partial charge in [0.25, 0.3) is 5.91 Å². The summed E-state index contributed by atoms with van der Waals surface area (Å²) in [6, 6.07) is 15.5. The normalized spacial score (nSPS) is 11.2. The van der Waals surface area contributed by atoms with E-state index in [9.17, 15) is 18.0 Å². The lowest BCUT2D eigenvalue weighted by Crippen LogP contribution is -2.14. The number of carbonyl (C=O) groups excluding carboxylic acids is 1. The zero-order chi connectivity index (χ0) is 23.3. The van der Waals surface area contributed by atoms with E-state index in [0.717, 1.165) is 17.7 Å². The highest BCUT2D eigenvalue weighted by Gasteiger charge is 2.33. The van der Waals surface area contributed by atoms with Crippen LogP contribution in [-0.2, 0) is 12.8 Å². The second kappa shape index (κ2) is 9.96. The maximum Gasteiger partial charge on any atom is 0.417 e. The summed E-state index contributed by atoms with van der Waals surface area (Å²) in [7, 11) is 0. The molecule has 0 atom stereocenters. The first kappa shape index (κ1) is 23.5. The summed E-state index contributed by atoms with van der Waals surface area (Å²) in [5.74, 6) is 0.690. The molecular formula is C24H21ClF3NO3. The molecular weight excluding hydrogens is 443 g/mol. The number of hydrogen-bond donors (Lipinski definition) is 1. The molecule has 168 valence electrons. The first-order valence-electron chi connectivity index (χ1n) is 9.81. The van der Waals surface area contributed by atoms with Crippen LogP contribution in [0.4, 0.5) is 18.9 Å². The number of halogens is 4. The molecule has 0 radical (unpaired) electrons. The molecule has 0 heterocycles. The lowest BCUT2D eigenvalue weighted by Gasteiger charge is -2.15. The van der Waals surface area contributed by atoms with E-state index in [4.69, 9.17) is 21.1 Å². The van der Waals surface area contributed by atoms with Crippen LogP contribution in [0.25, 0.3) is 0 Å². The topological polar surface area (TPSA) is 47.6 Å². The molecule has 0 aliphatic carbocycles. The van der Waals surface area contributed by atoms with Crippen molar-refractivity contribution in [3.63, 3.8) is 0 Å². The zero-order valence-corrected chi connectivity index (χ0v) is 18.2. The second-order valence-electron chi connectivity index (χ2n) is 6.96. The minimum atomic E-state index is -4.63. The number of anilines is 1. The molecule has 0 aliphatic rings. The third kappa shape index (κ3) is 5.73. The largest absolute Gasteiger partial charge is 0.493 e. The summed E-state index contributed by atoms with van der Waals surface area (Å²) in [6.45, 7) is 4.34. The van der Waals surface area contributed by atoms with Gasteiger partial charge in [0.2, 0.25) is 0 Å². The van der Waals surface area contributed by atoms with E-state index >= 15 is 0 Å². The number of para-hydroxylation sites is 1. The summed E-state index contributed by atoms with van der Waals surface area (Å²) in [6.07, 6.45) is -4.63. The van der Waals surface area contributed by atoms with Gasteiger partial charge in [0, 0.05) is 16.8 Å². The molecule has 4 nitrogen and oxygen atoms in total. The minimum absolute atomic E-state index is 0.0154. The predicted octanol–water partition coefficient (Wildman–Crippen LogP) is 6.90. The molecule has 1 amide bonds. The van der Waals surface area contributed by atoms with E-state index in [1.165, 1.54) is 12.1 Å². The lowest BCUT2D eigenvalue weighted by atomic mass is 10.1. The fourth-order valence-corrected chi connectivity index (χ4v) is 3.25. The van der Waals surface area contributed by atoms with E-state index in [1.807, 2.05) is 38.1 Å². The molecule has 3 aromatic carbocycles. The summed E-state index contributed by atoms with van der Waals surface area (Å²) in [4.78, 5) is 12.7. The van der Waals surface area contributed by atoms with E-state index in [2.05, 4.69) is 5.32 Å². The molecule has 0 aliphatic heterocycles. The van der Waals surface area contributed by atoms with Crippen LogP contribution in [0.5, 0.6) is 11.5 Å². The van der Waals surface area contributed by atoms with Crippen molar-refractivity contribution in [3.8, 4) is 11.5 Å². The van der Waals surface area contributed by atoms with Gasteiger partial charge in [-0.3, -0.25) is 4.79 Å². The van der Waals surface area contributed by atoms with Crippen molar-refractivity contribution in [2.45, 2.75) is 26.6 Å². The molecule has 32 heavy (non-hydrogen) atoms. The van der Waals surface area contributed by atoms with Crippen molar-refractivity contribution in [3.05, 3.63) is 87.9 Å². The van der Waals surface area contributed by atoms with Gasteiger partial charge in [0.15, 0.2) is 0 Å². The molecule has 8 heteroatoms. The maximum atomic E-state index is 13.1. The van der Waals surface area contributed by atoms with Crippen LogP contribution in [0.15, 0.2) is 60.7 Å². The Kier molecular flexibility index (Phi) is 7.30. The molecule has 0 unspecified atom stereocenters. The molecule has 0 aromatic heterocycles. The Morgan fingerprint density at radius 3 is 2.44 bits per heavy atom. The molecule has 0 bridgehead atoms. The van der Waals surface area contributed by atoms with Crippen molar-refractivity contribution in [2.75, 3.05) is 11.9 Å². The van der Waals surface area contributed by atoms with Crippen LogP contribution < -0.4 is 14.8 Å². The Balaban J connectivity index is 1.82. The van der Waals surface area contributed by atoms with Gasteiger partial charge in [-0.25, -0.2) is 0 Å². The van der Waals surface area contributed by atoms with Crippen molar-refractivity contribution < 1.29 is 27.4 Å². The molecule has 0 saturated carbocycles. The number of aryl methyl sites for hydroxylation is 1. The van der Waals surface area contributed by atoms with Crippen molar-refractivity contribution in [2.24, 2.45) is 0 Å². The van der Waals surface area contributed by atoms with Crippen LogP contribution in [0.1, 0.15) is 34.0 Å². The number of benzene rings is 3. The number of alkyl halides is 3. The van der Waals surface area contributed by atoms with Gasteiger partial charge < -0.3 is 14.8 Å². The Morgan fingerprint density at radius 1 is 1.00 bits per heavy atom. The molecule has 0 saturated heterocycles. The van der Waals surface area contributed by atoms with Gasteiger partial charge in [-0.15, -0.1) is 0 Å². The first-order valence-corrected chi connectivity index (χ1v) is 10.2. The van der Waals surface area contributed by atoms with Crippen LogP contribution in [0.2, 0.25) is 5.02 Å². The Labute approximate surface area is 188 Å². The smallest absolute Gasteiger partial charge is 0.417 e. The number of amides is 1. The average Bonchev–Trinajstić information content (AvgIpc) is 2.74. The number of nitrogens with one attached hydrogen (secondary N) is 1. The second-order valence-corrected chi connectivity index (χ2v) is 7.36. The third-order valence-corrected chi connectivity index (χ3v) is 4.96. The number of rotatable bonds is 7. The van der Waals surface area contributed by atoms with Gasteiger partial charge >= 0.3 is 6.18 Å². The monoisotopic (exact) mass is 463 g/mol. The highest BCUT2D eigenvalue weighted by Crippen LogP contribution is 2.36. The van der Waals surface area contributed by atoms with E-state index in [1.54, 1.807) is 12.1 Å². The van der Waals surface area contributed by atoms with Gasteiger partial charge in [-0.05, 0) is 61.9 Å². The average molecular weight is 464 g/mol. The first-order chi connectivity index (χ1) is 15.2. The highest BCUT2D eigenvalue weighted by atomic mass is 35.5. The third-order valence-electron chi connectivity index (χ3n) is 4.63. The fraction of sp³-hybridized carbons (Fsp3) is 0.208. The lowest BCUT2D eigenvalue weighted by molar-refractivity contribution is -0.137. The van der Waals surface area contributed by atoms with Gasteiger partial charge in [-0.1, -0.05) is 29.8 Å². The van der Waals surface area contributed by atoms with Crippen LogP contribution in [0.3, 0.4) is 0 Å². The number of carbonyl (C=O) groups is 1. The quantitative estimate of drug-likeness (QED) is 0.414. The van der Waals surface area contributed by atoms with Crippen LogP contribution in [0, 0.1) is 6.92 Å². The Bertz CT molecular complexity index is 1120. The Morgan fingerprint density at radius 2 is 1.75 bits per heavy atom. The van der Waals surface area contributed by atoms with Crippen LogP contribution in [-0.4, -0.2) is 12.5 Å². The van der Waals surface area contributed by atoms with Gasteiger partial charge in [0.05, 0.1) is 17.2 Å². The zero-order valence-electron chi connectivity index (χ0n) is 17.4. The van der Waals surface area contributed by atoms with E-state index in [-0.39, 0.29) is 17.9 Å². The highest BCUT2D eigenvalue weighted by molar-refractivity contribution is 6.31. The van der Waals surface area contributed by atoms with Crippen molar-refractivity contribution in [1.82, 2.24) is 0 Å². The summed E-state index contributed by atoms with van der Waals surface area (Å²) < 4.78 is 50.8. The Hall–Kier alpha value is -3.19. The minimum Gasteiger partial charge on any atom is -0.493 e. The van der Waals surface area contributed by atoms with Crippen molar-refractivity contribution in [1.29, 1.82) is 0 Å². The molecule has 0 spiro atoms. The molecule has 3 rings (SSSR count). The van der Waals surface area contributed by atoms with E-state index in [0.29, 0.717) is 23.7 Å². The standard InChI is InChI=1S/C24H21ClF3NO3/c1-3-31-22-11-8-16(12-17(22)14-32-21-7-5-4-6-15(21)2)23(30)29-18-9-10-20(25)19(13-18)24(26,27)28/h4-13H,3,14H2,1-2H3,(H,29,30). The summed E-state index contributed by atoms with van der Waals surface area (Å²) >= 11 is 5.64. The maximum absolute atomic E-state index is 13.1. The SMILES string of the molecule is CCOc1ccc(C(=O)Nc2ccc(Cl)c(C(F)(F)F)c2)cc1COc1ccccc1C. The molecule has 1 N–H and O–H groups in total. The molecule has 0 fully saturated rings. The summed E-state index contributed by atoms with van der Waals surface area (Å²) in [5, 5.41) is 2.04. The fourth-order valence-electron chi connectivity index (χ4n) is 3.03. The van der Waals surface area contributed by atoms with Crippen LogP contribution >= 0.6 is 11.6 Å². The molecule has 3 aromatic rings. The van der Waals surface area contributed by atoms with Crippen molar-refractivity contribution >= 4 is 23.2 Å². The predicted molar refractivity (Wildman–Crippen MR) is 118 cm³/mol. The number of hydrogen-bond acceptors (Lipinski definition) is 3. The summed E-state index contributed by atoms with van der Waals surface area (Å²) in [5.41, 5.74) is 0.812. The number of ether oxygens (including phenoxy) is 2. The van der Waals surface area contributed by atoms with Gasteiger partial charge in [0.1, 0.15) is 18.1 Å². The van der Waals surface area contributed by atoms with Gasteiger partial charge in [-0.2, -0.15) is 13.2 Å². The van der Waals surface area contributed by atoms with E-state index < -0.39 is 22.7 Å².